The molecule has 1 aliphatic rings. The predicted octanol–water partition coefficient (Wildman–Crippen LogP) is 5.98. The van der Waals surface area contributed by atoms with Gasteiger partial charge < -0.3 is 5.32 Å². The van der Waals surface area contributed by atoms with Gasteiger partial charge in [-0.3, -0.25) is 0 Å². The summed E-state index contributed by atoms with van der Waals surface area (Å²) in [6, 6.07) is 15.2. The van der Waals surface area contributed by atoms with E-state index in [1.807, 2.05) is 12.1 Å². The lowest BCUT2D eigenvalue weighted by molar-refractivity contribution is 0.644. The van der Waals surface area contributed by atoms with Gasteiger partial charge in [-0.15, -0.1) is 0 Å². The molecule has 2 aromatic rings. The van der Waals surface area contributed by atoms with Gasteiger partial charge >= 0.3 is 0 Å². The van der Waals surface area contributed by atoms with Gasteiger partial charge in [-0.05, 0) is 64.5 Å². The average molecular weight is 351 g/mol. The van der Waals surface area contributed by atoms with Crippen LogP contribution >= 0.6 is 27.5 Å². The molecule has 0 heterocycles. The SMILES string of the molecule is Clc1ccc(NC2CCCCc3ccccc32)cc1Br. The van der Waals surface area contributed by atoms with Crippen LogP contribution in [0.5, 0.6) is 0 Å². The van der Waals surface area contributed by atoms with Crippen molar-refractivity contribution in [2.75, 3.05) is 5.32 Å². The number of fused-ring (bicyclic) bond motifs is 1. The molecule has 0 radical (unpaired) electrons. The molecule has 1 aliphatic carbocycles. The molecular formula is C17H17BrClN. The lowest BCUT2D eigenvalue weighted by Gasteiger charge is -2.21. The van der Waals surface area contributed by atoms with Crippen LogP contribution < -0.4 is 5.32 Å². The van der Waals surface area contributed by atoms with Crippen molar-refractivity contribution in [3.63, 3.8) is 0 Å². The van der Waals surface area contributed by atoms with Gasteiger partial charge in [0, 0.05) is 10.2 Å². The van der Waals surface area contributed by atoms with Crippen LogP contribution in [0.2, 0.25) is 5.02 Å². The zero-order valence-electron chi connectivity index (χ0n) is 11.2. The molecule has 2 aromatic carbocycles. The Morgan fingerprint density at radius 2 is 1.95 bits per heavy atom. The Bertz CT molecular complexity index is 612. The first-order chi connectivity index (χ1) is 9.74. The third-order valence-electron chi connectivity index (χ3n) is 3.88. The van der Waals surface area contributed by atoms with Crippen LogP contribution in [0.25, 0.3) is 0 Å². The van der Waals surface area contributed by atoms with Crippen molar-refractivity contribution in [2.24, 2.45) is 0 Å². The lowest BCUT2D eigenvalue weighted by Crippen LogP contribution is -2.11. The van der Waals surface area contributed by atoms with Gasteiger partial charge in [0.15, 0.2) is 0 Å². The summed E-state index contributed by atoms with van der Waals surface area (Å²) in [6.07, 6.45) is 4.91. The van der Waals surface area contributed by atoms with E-state index in [1.165, 1.54) is 36.8 Å². The van der Waals surface area contributed by atoms with E-state index in [-0.39, 0.29) is 0 Å². The molecular weight excluding hydrogens is 334 g/mol. The zero-order chi connectivity index (χ0) is 13.9. The van der Waals surface area contributed by atoms with Gasteiger partial charge in [-0.25, -0.2) is 0 Å². The number of hydrogen-bond donors (Lipinski definition) is 1. The molecule has 3 rings (SSSR count). The predicted molar refractivity (Wildman–Crippen MR) is 89.5 cm³/mol. The highest BCUT2D eigenvalue weighted by atomic mass is 79.9. The van der Waals surface area contributed by atoms with Crippen molar-refractivity contribution in [3.8, 4) is 0 Å². The van der Waals surface area contributed by atoms with Crippen molar-refractivity contribution in [2.45, 2.75) is 31.7 Å². The highest BCUT2D eigenvalue weighted by molar-refractivity contribution is 9.10. The van der Waals surface area contributed by atoms with E-state index in [1.54, 1.807) is 0 Å². The summed E-state index contributed by atoms with van der Waals surface area (Å²) in [4.78, 5) is 0. The monoisotopic (exact) mass is 349 g/mol. The van der Waals surface area contributed by atoms with Crippen LogP contribution in [-0.4, -0.2) is 0 Å². The molecule has 104 valence electrons. The number of halogens is 2. The third-order valence-corrected chi connectivity index (χ3v) is 5.09. The summed E-state index contributed by atoms with van der Waals surface area (Å²) < 4.78 is 0.936. The summed E-state index contributed by atoms with van der Waals surface area (Å²) in [7, 11) is 0. The van der Waals surface area contributed by atoms with Crippen molar-refractivity contribution >= 4 is 33.2 Å². The number of aryl methyl sites for hydroxylation is 1. The molecule has 1 atom stereocenters. The summed E-state index contributed by atoms with van der Waals surface area (Å²) >= 11 is 9.54. The van der Waals surface area contributed by atoms with Crippen molar-refractivity contribution in [1.82, 2.24) is 0 Å². The van der Waals surface area contributed by atoms with Crippen LogP contribution in [0.1, 0.15) is 36.4 Å². The summed E-state index contributed by atoms with van der Waals surface area (Å²) in [5, 5.41) is 4.40. The molecule has 0 saturated carbocycles. The minimum atomic E-state index is 0.391. The fraction of sp³-hybridized carbons (Fsp3) is 0.294. The first-order valence-corrected chi connectivity index (χ1v) is 8.20. The van der Waals surface area contributed by atoms with Crippen molar-refractivity contribution in [1.29, 1.82) is 0 Å². The van der Waals surface area contributed by atoms with E-state index < -0.39 is 0 Å². The Labute approximate surface area is 133 Å². The highest BCUT2D eigenvalue weighted by Crippen LogP contribution is 2.33. The average Bonchev–Trinajstić information content (AvgIpc) is 2.66. The molecule has 1 unspecified atom stereocenters. The minimum absolute atomic E-state index is 0.391. The normalized spacial score (nSPS) is 18.2. The molecule has 0 aromatic heterocycles. The molecule has 0 aliphatic heterocycles. The Kier molecular flexibility index (Phi) is 4.32. The third kappa shape index (κ3) is 3.02. The number of hydrogen-bond acceptors (Lipinski definition) is 1. The van der Waals surface area contributed by atoms with Gasteiger partial charge in [-0.1, -0.05) is 42.3 Å². The second kappa shape index (κ2) is 6.19. The minimum Gasteiger partial charge on any atom is -0.378 e. The Morgan fingerprint density at radius 1 is 1.10 bits per heavy atom. The Morgan fingerprint density at radius 3 is 2.80 bits per heavy atom. The van der Waals surface area contributed by atoms with Gasteiger partial charge in [0.2, 0.25) is 0 Å². The molecule has 0 saturated heterocycles. The summed E-state index contributed by atoms with van der Waals surface area (Å²) in [5.74, 6) is 0. The van der Waals surface area contributed by atoms with E-state index >= 15 is 0 Å². The first kappa shape index (κ1) is 14.0. The second-order valence-electron chi connectivity index (χ2n) is 5.27. The molecule has 0 fully saturated rings. The van der Waals surface area contributed by atoms with Crippen molar-refractivity contribution in [3.05, 3.63) is 63.1 Å². The van der Waals surface area contributed by atoms with Crippen molar-refractivity contribution < 1.29 is 0 Å². The van der Waals surface area contributed by atoms with Crippen LogP contribution in [0, 0.1) is 0 Å². The smallest absolute Gasteiger partial charge is 0.0549 e. The lowest BCUT2D eigenvalue weighted by atomic mass is 9.99. The molecule has 3 heteroatoms. The maximum atomic E-state index is 6.06. The summed E-state index contributed by atoms with van der Waals surface area (Å²) in [5.41, 5.74) is 4.04. The number of anilines is 1. The fourth-order valence-corrected chi connectivity index (χ4v) is 3.35. The molecule has 0 spiro atoms. The van der Waals surface area contributed by atoms with Crippen LogP contribution in [0.3, 0.4) is 0 Å². The fourth-order valence-electron chi connectivity index (χ4n) is 2.86. The number of benzene rings is 2. The quantitative estimate of drug-likeness (QED) is 0.657. The molecule has 0 amide bonds. The Hall–Kier alpha value is -0.990. The van der Waals surface area contributed by atoms with Gasteiger partial charge in [-0.2, -0.15) is 0 Å². The molecule has 1 N–H and O–H groups in total. The van der Waals surface area contributed by atoms with Crippen LogP contribution in [0.15, 0.2) is 46.9 Å². The van der Waals surface area contributed by atoms with E-state index in [4.69, 9.17) is 11.6 Å². The largest absolute Gasteiger partial charge is 0.378 e. The number of rotatable bonds is 2. The van der Waals surface area contributed by atoms with Gasteiger partial charge in [0.1, 0.15) is 0 Å². The van der Waals surface area contributed by atoms with E-state index in [0.717, 1.165) is 15.2 Å². The molecule has 1 nitrogen and oxygen atoms in total. The second-order valence-corrected chi connectivity index (χ2v) is 6.53. The van der Waals surface area contributed by atoms with Crippen LogP contribution in [0.4, 0.5) is 5.69 Å². The van der Waals surface area contributed by atoms with E-state index in [9.17, 15) is 0 Å². The molecule has 0 bridgehead atoms. The highest BCUT2D eigenvalue weighted by Gasteiger charge is 2.18. The summed E-state index contributed by atoms with van der Waals surface area (Å²) in [6.45, 7) is 0. The van der Waals surface area contributed by atoms with Crippen LogP contribution in [-0.2, 0) is 6.42 Å². The standard InChI is InChI=1S/C17H17BrClN/c18-15-11-13(9-10-16(15)19)20-17-8-4-2-6-12-5-1-3-7-14(12)17/h1,3,5,7,9-11,17,20H,2,4,6,8H2. The maximum absolute atomic E-state index is 6.06. The van der Waals surface area contributed by atoms with Gasteiger partial charge in [0.05, 0.1) is 11.1 Å². The first-order valence-electron chi connectivity index (χ1n) is 7.03. The van der Waals surface area contributed by atoms with E-state index in [2.05, 4.69) is 51.6 Å². The maximum Gasteiger partial charge on any atom is 0.0549 e. The number of nitrogens with one attached hydrogen (secondary N) is 1. The van der Waals surface area contributed by atoms with E-state index in [0.29, 0.717) is 6.04 Å². The topological polar surface area (TPSA) is 12.0 Å². The molecule has 20 heavy (non-hydrogen) atoms. The Balaban J connectivity index is 1.88. The van der Waals surface area contributed by atoms with Gasteiger partial charge in [0.25, 0.3) is 0 Å². The zero-order valence-corrected chi connectivity index (χ0v) is 13.5.